The van der Waals surface area contributed by atoms with Gasteiger partial charge in [0, 0.05) is 30.5 Å². The molecule has 6 nitrogen and oxygen atoms in total. The van der Waals surface area contributed by atoms with Gasteiger partial charge in [0.2, 0.25) is 0 Å². The lowest BCUT2D eigenvalue weighted by Crippen LogP contribution is -2.76. The number of esters is 1. The number of nitrogens with two attached hydrogens (primary N) is 1. The summed E-state index contributed by atoms with van der Waals surface area (Å²) in [6.07, 6.45) is 6.88. The summed E-state index contributed by atoms with van der Waals surface area (Å²) in [5.74, 6) is 1.35. The average Bonchev–Trinajstić information content (AvgIpc) is 3.55. The number of phenols is 1. The van der Waals surface area contributed by atoms with Gasteiger partial charge in [-0.1, -0.05) is 26.3 Å². The maximum atomic E-state index is 12.6. The molecule has 2 saturated carbocycles. The fraction of sp³-hybridized carbons (Fsp3) is 0.741. The van der Waals surface area contributed by atoms with E-state index in [1.54, 1.807) is 6.07 Å². The number of rotatable bonds is 7. The van der Waals surface area contributed by atoms with Gasteiger partial charge in [-0.15, -0.1) is 0 Å². The summed E-state index contributed by atoms with van der Waals surface area (Å²) in [4.78, 5) is 15.1. The number of fused-ring (bicyclic) bond motifs is 1. The van der Waals surface area contributed by atoms with Gasteiger partial charge in [0.25, 0.3) is 0 Å². The van der Waals surface area contributed by atoms with E-state index in [9.17, 15) is 15.0 Å². The number of ether oxygens (including phenoxy) is 1. The molecule has 6 heteroatoms. The fourth-order valence-electron chi connectivity index (χ4n) is 6.96. The highest BCUT2D eigenvalue weighted by atomic mass is 16.5. The Balaban J connectivity index is 1.44. The first kappa shape index (κ1) is 23.1. The first-order chi connectivity index (χ1) is 15.7. The van der Waals surface area contributed by atoms with E-state index in [2.05, 4.69) is 18.7 Å². The van der Waals surface area contributed by atoms with Crippen LogP contribution in [0.25, 0.3) is 0 Å². The Morgan fingerprint density at radius 1 is 1.30 bits per heavy atom. The van der Waals surface area contributed by atoms with Crippen molar-refractivity contribution in [2.45, 2.75) is 101 Å². The number of carbonyl (C=O) groups is 1. The molecule has 2 bridgehead atoms. The van der Waals surface area contributed by atoms with Crippen molar-refractivity contribution in [3.63, 3.8) is 0 Å². The lowest BCUT2D eigenvalue weighted by atomic mass is 9.48. The summed E-state index contributed by atoms with van der Waals surface area (Å²) >= 11 is 0. The van der Waals surface area contributed by atoms with E-state index in [-0.39, 0.29) is 23.8 Å². The van der Waals surface area contributed by atoms with Gasteiger partial charge in [0.05, 0.1) is 5.60 Å². The van der Waals surface area contributed by atoms with Crippen LogP contribution in [0.2, 0.25) is 0 Å². The van der Waals surface area contributed by atoms with Gasteiger partial charge in [-0.2, -0.15) is 0 Å². The number of phenolic OH excluding ortho intramolecular Hbond substituents is 1. The van der Waals surface area contributed by atoms with Crippen LogP contribution in [0.15, 0.2) is 18.2 Å². The zero-order chi connectivity index (χ0) is 23.4. The van der Waals surface area contributed by atoms with Crippen molar-refractivity contribution < 1.29 is 19.7 Å². The van der Waals surface area contributed by atoms with E-state index in [0.29, 0.717) is 25.2 Å². The van der Waals surface area contributed by atoms with Crippen LogP contribution in [0.4, 0.5) is 0 Å². The third-order valence-corrected chi connectivity index (χ3v) is 8.88. The quantitative estimate of drug-likeness (QED) is 0.545. The summed E-state index contributed by atoms with van der Waals surface area (Å²) < 4.78 is 5.96. The van der Waals surface area contributed by atoms with E-state index >= 15 is 0 Å². The molecule has 1 aromatic carbocycles. The molecule has 1 aromatic rings. The van der Waals surface area contributed by atoms with Crippen LogP contribution in [0.1, 0.15) is 76.3 Å². The third kappa shape index (κ3) is 4.08. The molecule has 33 heavy (non-hydrogen) atoms. The highest BCUT2D eigenvalue weighted by molar-refractivity contribution is 5.69. The predicted molar refractivity (Wildman–Crippen MR) is 127 cm³/mol. The minimum atomic E-state index is -0.985. The van der Waals surface area contributed by atoms with E-state index in [1.807, 2.05) is 12.1 Å². The highest BCUT2D eigenvalue weighted by Crippen LogP contribution is 2.59. The number of aliphatic hydroxyl groups is 1. The molecule has 5 rings (SSSR count). The monoisotopic (exact) mass is 456 g/mol. The van der Waals surface area contributed by atoms with Crippen LogP contribution < -0.4 is 5.73 Å². The van der Waals surface area contributed by atoms with Crippen LogP contribution in [0.3, 0.4) is 0 Å². The van der Waals surface area contributed by atoms with Crippen LogP contribution >= 0.6 is 0 Å². The Kier molecular flexibility index (Phi) is 5.99. The number of nitrogens with zero attached hydrogens (tertiary/aromatic N) is 1. The smallest absolute Gasteiger partial charge is 0.306 e. The third-order valence-electron chi connectivity index (χ3n) is 8.88. The summed E-state index contributed by atoms with van der Waals surface area (Å²) in [6, 6.07) is 5.23. The Bertz CT molecular complexity index is 900. The molecule has 1 aliphatic heterocycles. The molecule has 4 N–H and O–H groups in total. The van der Waals surface area contributed by atoms with Gasteiger partial charge in [0.1, 0.15) is 11.9 Å². The topological polar surface area (TPSA) is 96.0 Å². The zero-order valence-corrected chi connectivity index (χ0v) is 20.1. The number of carbonyl (C=O) groups excluding carboxylic acids is 1. The lowest BCUT2D eigenvalue weighted by molar-refractivity contribution is -0.196. The molecule has 0 spiro atoms. The number of piperidine rings is 1. The molecule has 182 valence electrons. The zero-order valence-electron chi connectivity index (χ0n) is 20.1. The van der Waals surface area contributed by atoms with Gasteiger partial charge in [-0.3, -0.25) is 9.69 Å². The molecule has 0 unspecified atom stereocenters. The van der Waals surface area contributed by atoms with Crippen molar-refractivity contribution in [3.05, 3.63) is 29.3 Å². The fourth-order valence-corrected chi connectivity index (χ4v) is 6.96. The molecule has 4 aliphatic rings. The Morgan fingerprint density at radius 2 is 2.09 bits per heavy atom. The number of hydrogen-bond acceptors (Lipinski definition) is 6. The van der Waals surface area contributed by atoms with Gasteiger partial charge in [-0.05, 0) is 86.6 Å². The standard InChI is InChI=1S/C27H40N2O4/c1-17(2)4-3-5-25(31)33-23-15-26-10-11-29(16-18-6-7-18)24(27(26,32)14-22(23)28)12-19-8-9-20(30)13-21(19)26/h8-9,13,17-18,22-24,30,32H,3-7,10-12,14-16,28H2,1-2H3/t22-,23+,24+,26+,27+/m0/s1. The minimum absolute atomic E-state index is 0.0117. The summed E-state index contributed by atoms with van der Waals surface area (Å²) in [7, 11) is 0. The summed E-state index contributed by atoms with van der Waals surface area (Å²) in [5, 5.41) is 22.7. The van der Waals surface area contributed by atoms with Crippen LogP contribution in [-0.2, 0) is 21.4 Å². The molecule has 0 radical (unpaired) electrons. The van der Waals surface area contributed by atoms with Crippen molar-refractivity contribution in [2.75, 3.05) is 13.1 Å². The molecular weight excluding hydrogens is 416 g/mol. The molecule has 1 heterocycles. The number of hydrogen-bond donors (Lipinski definition) is 3. The molecule has 3 aliphatic carbocycles. The van der Waals surface area contributed by atoms with Gasteiger partial charge in [-0.25, -0.2) is 0 Å². The van der Waals surface area contributed by atoms with Gasteiger partial charge >= 0.3 is 5.97 Å². The van der Waals surface area contributed by atoms with Crippen molar-refractivity contribution in [1.29, 1.82) is 0 Å². The normalized spacial score (nSPS) is 35.7. The van der Waals surface area contributed by atoms with Crippen molar-refractivity contribution in [2.24, 2.45) is 17.6 Å². The second-order valence-electron chi connectivity index (χ2n) is 11.6. The van der Waals surface area contributed by atoms with Crippen LogP contribution in [0.5, 0.6) is 5.75 Å². The van der Waals surface area contributed by atoms with E-state index in [0.717, 1.165) is 50.3 Å². The lowest BCUT2D eigenvalue weighted by Gasteiger charge is -2.65. The van der Waals surface area contributed by atoms with Crippen LogP contribution in [-0.4, -0.2) is 58.0 Å². The molecule has 0 amide bonds. The van der Waals surface area contributed by atoms with E-state index in [4.69, 9.17) is 10.5 Å². The van der Waals surface area contributed by atoms with Crippen molar-refractivity contribution in [3.8, 4) is 5.75 Å². The van der Waals surface area contributed by atoms with Crippen LogP contribution in [0, 0.1) is 11.8 Å². The Hall–Kier alpha value is -1.63. The molecule has 1 saturated heterocycles. The number of likely N-dealkylation sites (tertiary alicyclic amines) is 1. The second kappa shape index (κ2) is 8.54. The summed E-state index contributed by atoms with van der Waals surface area (Å²) in [5.41, 5.74) is 7.28. The van der Waals surface area contributed by atoms with Crippen molar-refractivity contribution >= 4 is 5.97 Å². The largest absolute Gasteiger partial charge is 0.508 e. The van der Waals surface area contributed by atoms with Crippen molar-refractivity contribution in [1.82, 2.24) is 4.90 Å². The Morgan fingerprint density at radius 3 is 2.82 bits per heavy atom. The SMILES string of the molecule is CC(C)CCCC(=O)O[C@@H]1C[C@]23CCN(CC4CC4)[C@H](Cc4ccc(O)cc42)[C@]3(O)C[C@@H]1N. The van der Waals surface area contributed by atoms with E-state index in [1.165, 1.54) is 18.4 Å². The second-order valence-corrected chi connectivity index (χ2v) is 11.6. The van der Waals surface area contributed by atoms with Gasteiger partial charge < -0.3 is 20.7 Å². The number of benzene rings is 1. The van der Waals surface area contributed by atoms with E-state index < -0.39 is 17.1 Å². The number of aromatic hydroxyl groups is 1. The maximum Gasteiger partial charge on any atom is 0.306 e. The first-order valence-electron chi connectivity index (χ1n) is 13.0. The minimum Gasteiger partial charge on any atom is -0.508 e. The Labute approximate surface area is 197 Å². The molecule has 0 aromatic heterocycles. The molecule has 5 atom stereocenters. The summed E-state index contributed by atoms with van der Waals surface area (Å²) in [6.45, 7) is 6.28. The van der Waals surface area contributed by atoms with Gasteiger partial charge in [0.15, 0.2) is 0 Å². The predicted octanol–water partition coefficient (Wildman–Crippen LogP) is 3.26. The average molecular weight is 457 g/mol. The molecular formula is C27H40N2O4. The molecule has 3 fully saturated rings. The first-order valence-corrected chi connectivity index (χ1v) is 13.0. The highest BCUT2D eigenvalue weighted by Gasteiger charge is 2.66. The maximum absolute atomic E-state index is 12.6.